The van der Waals surface area contributed by atoms with Crippen LogP contribution in [0.3, 0.4) is 0 Å². The molecule has 8 atom stereocenters. The summed E-state index contributed by atoms with van der Waals surface area (Å²) in [5, 5.41) is 32.4. The molecule has 1 aliphatic heterocycles. The number of aliphatic hydroxyl groups is 3. The predicted molar refractivity (Wildman–Crippen MR) is 109 cm³/mol. The Morgan fingerprint density at radius 1 is 1.25 bits per heavy atom. The van der Waals surface area contributed by atoms with E-state index in [0.29, 0.717) is 19.3 Å². The van der Waals surface area contributed by atoms with Crippen LogP contribution in [0, 0.1) is 111 Å². The number of hydrogen-bond donors (Lipinski definition) is 3. The van der Waals surface area contributed by atoms with Crippen LogP contribution in [-0.4, -0.2) is 63.7 Å². The second kappa shape index (κ2) is 11.3. The third-order valence-electron chi connectivity index (χ3n) is 7.75. The maximum Gasteiger partial charge on any atom is 0.302 e. The number of esters is 1. The molecule has 2 fully saturated rings. The molecule has 3 N–H and O–H groups in total. The number of fused-ring (bicyclic) bond motifs is 1. The molecular weight excluding hydrogens is 842 g/mol. The van der Waals surface area contributed by atoms with Crippen LogP contribution in [0.1, 0.15) is 60.8 Å². The van der Waals surface area contributed by atoms with Gasteiger partial charge in [-0.15, -0.1) is 0 Å². The minimum Gasteiger partial charge on any atom is -0.462 e. The summed E-state index contributed by atoms with van der Waals surface area (Å²) in [6.07, 6.45) is 0.0870. The fourth-order valence-corrected chi connectivity index (χ4v) is 6.19. The smallest absolute Gasteiger partial charge is 0.302 e. The maximum atomic E-state index is 13.2. The summed E-state index contributed by atoms with van der Waals surface area (Å²) in [7, 11) is 0. The minimum atomic E-state index is -1.34. The van der Waals surface area contributed by atoms with Gasteiger partial charge in [-0.25, -0.2) is 0 Å². The normalized spacial score (nSPS) is 39.6. The Kier molecular flexibility index (Phi) is 11.2. The van der Waals surface area contributed by atoms with Crippen molar-refractivity contribution in [1.82, 2.24) is 0 Å². The molecule has 176 valence electrons. The molecule has 32 heavy (non-hydrogen) atoms. The summed E-state index contributed by atoms with van der Waals surface area (Å²) in [5.41, 5.74) is -2.02. The average molecular weight is 879 g/mol. The number of carbonyl (C=O) groups is 2. The van der Waals surface area contributed by atoms with Gasteiger partial charge in [-0.1, -0.05) is 26.8 Å². The first-order valence-corrected chi connectivity index (χ1v) is 10.8. The quantitative estimate of drug-likeness (QED) is 0.286. The van der Waals surface area contributed by atoms with Gasteiger partial charge in [0, 0.05) is 112 Å². The van der Waals surface area contributed by atoms with Crippen LogP contribution in [0.5, 0.6) is 0 Å². The monoisotopic (exact) mass is 878 g/mol. The molecule has 1 saturated heterocycles. The molecule has 0 bridgehead atoms. The van der Waals surface area contributed by atoms with Gasteiger partial charge < -0.3 is 24.8 Å². The van der Waals surface area contributed by atoms with E-state index in [9.17, 15) is 24.9 Å². The Morgan fingerprint density at radius 3 is 2.31 bits per heavy atom. The fraction of sp³-hybridized carbons (Fsp3) is 0.826. The number of hydrogen-bond acceptors (Lipinski definition) is 7. The van der Waals surface area contributed by atoms with E-state index >= 15 is 0 Å². The van der Waals surface area contributed by atoms with Crippen molar-refractivity contribution in [3.63, 3.8) is 0 Å². The molecule has 1 unspecified atom stereocenters. The van der Waals surface area contributed by atoms with Gasteiger partial charge in [0.1, 0.15) is 17.8 Å². The molecule has 2 aliphatic carbocycles. The summed E-state index contributed by atoms with van der Waals surface area (Å²) in [4.78, 5) is 25.4. The molecule has 0 aromatic carbocycles. The number of ether oxygens (including phenoxy) is 2. The van der Waals surface area contributed by atoms with E-state index in [-0.39, 0.29) is 106 Å². The standard InChI is InChI=1S/C23H36O7.2Ac/c1-12-10-21(4,5)15(9-16(12)26)18(30-14(3)25)19-22(6,20(27)13(2)24)8-7-17-23(19,28)11-29-17;;/h10,13,15-19,24,26,28H,7-9,11H2,1-6H3;;/t13-,15?,16+,17-,18-,19+,22-,23+;;/m1../s1. The third kappa shape index (κ3) is 5.62. The van der Waals surface area contributed by atoms with Gasteiger partial charge in [0.25, 0.3) is 0 Å². The molecule has 7 nitrogen and oxygen atoms in total. The van der Waals surface area contributed by atoms with Crippen molar-refractivity contribution in [2.24, 2.45) is 22.7 Å². The van der Waals surface area contributed by atoms with Crippen LogP contribution < -0.4 is 0 Å². The van der Waals surface area contributed by atoms with Crippen molar-refractivity contribution in [1.29, 1.82) is 0 Å². The molecule has 0 aromatic heterocycles. The topological polar surface area (TPSA) is 113 Å². The first kappa shape index (κ1) is 31.6. The van der Waals surface area contributed by atoms with Gasteiger partial charge in [-0.05, 0) is 44.1 Å². The zero-order valence-electron chi connectivity index (χ0n) is 20.0. The van der Waals surface area contributed by atoms with Crippen LogP contribution in [0.4, 0.5) is 0 Å². The second-order valence-electron chi connectivity index (χ2n) is 10.4. The van der Waals surface area contributed by atoms with E-state index in [4.69, 9.17) is 9.47 Å². The maximum absolute atomic E-state index is 13.2. The fourth-order valence-electron chi connectivity index (χ4n) is 6.19. The van der Waals surface area contributed by atoms with Gasteiger partial charge in [-0.3, -0.25) is 9.59 Å². The zero-order chi connectivity index (χ0) is 22.6. The Hall–Kier alpha value is 1.60. The van der Waals surface area contributed by atoms with E-state index in [0.717, 1.165) is 5.57 Å². The molecule has 0 spiro atoms. The van der Waals surface area contributed by atoms with Crippen molar-refractivity contribution < 1.29 is 123 Å². The van der Waals surface area contributed by atoms with Crippen LogP contribution in [0.15, 0.2) is 11.6 Å². The predicted octanol–water partition coefficient (Wildman–Crippen LogP) is 1.77. The molecule has 2 radical (unpaired) electrons. The molecule has 0 aromatic rings. The summed E-state index contributed by atoms with van der Waals surface area (Å²) >= 11 is 0. The van der Waals surface area contributed by atoms with Gasteiger partial charge >= 0.3 is 5.97 Å². The van der Waals surface area contributed by atoms with E-state index < -0.39 is 52.7 Å². The molecule has 1 heterocycles. The summed E-state index contributed by atoms with van der Waals surface area (Å²) in [5.74, 6) is -1.96. The first-order valence-electron chi connectivity index (χ1n) is 10.8. The zero-order valence-corrected chi connectivity index (χ0v) is 29.5. The van der Waals surface area contributed by atoms with Gasteiger partial charge in [0.05, 0.1) is 18.8 Å². The summed E-state index contributed by atoms with van der Waals surface area (Å²) in [6, 6.07) is 0. The van der Waals surface area contributed by atoms with Gasteiger partial charge in [-0.2, -0.15) is 0 Å². The first-order chi connectivity index (χ1) is 13.7. The number of allylic oxidation sites excluding steroid dienone is 1. The Balaban J connectivity index is 0.00000256. The minimum absolute atomic E-state index is 0. The van der Waals surface area contributed by atoms with Crippen molar-refractivity contribution in [3.8, 4) is 0 Å². The van der Waals surface area contributed by atoms with Crippen LogP contribution in [0.2, 0.25) is 0 Å². The van der Waals surface area contributed by atoms with Crippen molar-refractivity contribution >= 4 is 11.8 Å². The Morgan fingerprint density at radius 2 is 1.84 bits per heavy atom. The van der Waals surface area contributed by atoms with E-state index in [1.165, 1.54) is 13.8 Å². The van der Waals surface area contributed by atoms with E-state index in [1.807, 2.05) is 26.8 Å². The van der Waals surface area contributed by atoms with Gasteiger partial charge in [0.2, 0.25) is 0 Å². The van der Waals surface area contributed by atoms with Crippen molar-refractivity contribution in [2.45, 2.75) is 90.8 Å². The number of rotatable bonds is 5. The molecule has 1 saturated carbocycles. The Labute approximate surface area is 262 Å². The van der Waals surface area contributed by atoms with Crippen molar-refractivity contribution in [3.05, 3.63) is 11.6 Å². The van der Waals surface area contributed by atoms with E-state index in [1.54, 1.807) is 6.92 Å². The van der Waals surface area contributed by atoms with E-state index in [2.05, 4.69) is 0 Å². The van der Waals surface area contributed by atoms with Gasteiger partial charge in [0.15, 0.2) is 5.78 Å². The molecular formula is C23H36Ac2O7. The molecule has 3 rings (SSSR count). The van der Waals surface area contributed by atoms with Crippen LogP contribution in [0.25, 0.3) is 0 Å². The third-order valence-corrected chi connectivity index (χ3v) is 7.75. The largest absolute Gasteiger partial charge is 0.462 e. The molecule has 9 heteroatoms. The summed E-state index contributed by atoms with van der Waals surface area (Å²) in [6.45, 7) is 10.4. The Bertz CT molecular complexity index is 753. The van der Waals surface area contributed by atoms with Crippen LogP contribution >= 0.6 is 0 Å². The molecule has 3 aliphatic rings. The number of carbonyl (C=O) groups excluding carboxylic acids is 2. The van der Waals surface area contributed by atoms with Crippen molar-refractivity contribution in [2.75, 3.05) is 6.61 Å². The molecule has 0 amide bonds. The average Bonchev–Trinajstić information content (AvgIpc) is 2.60. The second-order valence-corrected chi connectivity index (χ2v) is 10.4. The van der Waals surface area contributed by atoms with Crippen LogP contribution in [-0.2, 0) is 19.1 Å². The number of ketones is 1. The summed E-state index contributed by atoms with van der Waals surface area (Å²) < 4.78 is 11.5. The SMILES string of the molecule is CC(=O)O[C@H](C1C[C@H](O)C(C)=CC1(C)C)[C@@H]1[C@]2(O)CO[C@@H]2CC[C@@]1(C)C(=O)[C@@H](C)O.[Ac].[Ac]. The number of Topliss-reactive ketones (excluding diaryl/α,β-unsaturated/α-hetero) is 1. The number of aliphatic hydroxyl groups excluding tert-OH is 2.